The lowest BCUT2D eigenvalue weighted by molar-refractivity contribution is -0.141. The van der Waals surface area contributed by atoms with Gasteiger partial charge in [0.05, 0.1) is 5.52 Å². The van der Waals surface area contributed by atoms with Crippen LogP contribution in [-0.2, 0) is 17.9 Å². The van der Waals surface area contributed by atoms with E-state index >= 15 is 0 Å². The predicted octanol–water partition coefficient (Wildman–Crippen LogP) is 4.44. The number of rotatable bonds is 4. The molecular weight excluding hydrogens is 340 g/mol. The SMILES string of the molecule is CC(C)C(C)(C)O[B]c1ccc2c3cnc(C(F)(F)F)cc3n(C)c2c1. The van der Waals surface area contributed by atoms with Gasteiger partial charge in [-0.05, 0) is 31.9 Å². The molecule has 0 saturated heterocycles. The third kappa shape index (κ3) is 3.32. The van der Waals surface area contributed by atoms with Gasteiger partial charge >= 0.3 is 13.7 Å². The molecule has 7 heteroatoms. The van der Waals surface area contributed by atoms with E-state index in [2.05, 4.69) is 18.8 Å². The number of nitrogens with zero attached hydrogens (tertiary/aromatic N) is 2. The molecule has 3 rings (SSSR count). The van der Waals surface area contributed by atoms with E-state index in [0.717, 1.165) is 22.4 Å². The van der Waals surface area contributed by atoms with E-state index in [9.17, 15) is 13.2 Å². The molecule has 3 aromatic rings. The molecule has 0 saturated carbocycles. The Morgan fingerprint density at radius 1 is 1.08 bits per heavy atom. The molecule has 2 heterocycles. The molecule has 26 heavy (non-hydrogen) atoms. The number of fused-ring (bicyclic) bond motifs is 3. The second-order valence-corrected chi connectivity index (χ2v) is 7.41. The number of alkyl halides is 3. The number of hydrogen-bond donors (Lipinski definition) is 0. The highest BCUT2D eigenvalue weighted by Crippen LogP contribution is 2.33. The molecule has 0 amide bonds. The molecule has 137 valence electrons. The summed E-state index contributed by atoms with van der Waals surface area (Å²) < 4.78 is 46.5. The van der Waals surface area contributed by atoms with Crippen LogP contribution in [-0.4, -0.2) is 22.6 Å². The average molecular weight is 361 g/mol. The van der Waals surface area contributed by atoms with Crippen molar-refractivity contribution in [3.05, 3.63) is 36.2 Å². The number of pyridine rings is 1. The summed E-state index contributed by atoms with van der Waals surface area (Å²) in [6, 6.07) is 6.80. The van der Waals surface area contributed by atoms with Crippen LogP contribution in [0.1, 0.15) is 33.4 Å². The fourth-order valence-corrected chi connectivity index (χ4v) is 2.70. The van der Waals surface area contributed by atoms with Crippen LogP contribution in [0.2, 0.25) is 0 Å². The first kappa shape index (κ1) is 18.8. The molecule has 0 aliphatic rings. The molecule has 0 spiro atoms. The molecule has 3 nitrogen and oxygen atoms in total. The second-order valence-electron chi connectivity index (χ2n) is 7.41. The van der Waals surface area contributed by atoms with Crippen LogP contribution in [0.25, 0.3) is 21.8 Å². The second kappa shape index (κ2) is 6.30. The maximum absolute atomic E-state index is 13.0. The molecule has 1 aromatic carbocycles. The lowest BCUT2D eigenvalue weighted by Crippen LogP contribution is -2.36. The van der Waals surface area contributed by atoms with E-state index in [4.69, 9.17) is 4.65 Å². The fourth-order valence-electron chi connectivity index (χ4n) is 2.70. The summed E-state index contributed by atoms with van der Waals surface area (Å²) >= 11 is 0. The molecule has 2 aromatic heterocycles. The maximum Gasteiger partial charge on any atom is 0.433 e. The third-order valence-corrected chi connectivity index (χ3v) is 5.10. The minimum absolute atomic E-state index is 0.306. The number of hydrogen-bond acceptors (Lipinski definition) is 2. The van der Waals surface area contributed by atoms with Gasteiger partial charge in [-0.1, -0.05) is 31.4 Å². The third-order valence-electron chi connectivity index (χ3n) is 5.10. The predicted molar refractivity (Wildman–Crippen MR) is 98.6 cm³/mol. The first-order valence-electron chi connectivity index (χ1n) is 8.47. The number of aromatic nitrogens is 2. The summed E-state index contributed by atoms with van der Waals surface area (Å²) in [5.74, 6) is 0.340. The van der Waals surface area contributed by atoms with Gasteiger partial charge in [-0.25, -0.2) is 0 Å². The van der Waals surface area contributed by atoms with Crippen LogP contribution in [0.15, 0.2) is 30.5 Å². The summed E-state index contributed by atoms with van der Waals surface area (Å²) in [6.07, 6.45) is -3.16. The normalized spacial score (nSPS) is 13.1. The highest BCUT2D eigenvalue weighted by Gasteiger charge is 2.33. The van der Waals surface area contributed by atoms with Crippen LogP contribution in [0.4, 0.5) is 13.2 Å². The van der Waals surface area contributed by atoms with Gasteiger partial charge in [-0.2, -0.15) is 13.2 Å². The lowest BCUT2D eigenvalue weighted by Gasteiger charge is -2.30. The van der Waals surface area contributed by atoms with Gasteiger partial charge in [0.2, 0.25) is 0 Å². The molecule has 0 atom stereocenters. The minimum atomic E-state index is -4.46. The van der Waals surface area contributed by atoms with Crippen molar-refractivity contribution in [2.45, 2.75) is 39.5 Å². The maximum atomic E-state index is 13.0. The molecule has 0 aliphatic carbocycles. The van der Waals surface area contributed by atoms with E-state index in [1.807, 2.05) is 32.0 Å². The van der Waals surface area contributed by atoms with E-state index in [1.54, 1.807) is 19.1 Å². The van der Waals surface area contributed by atoms with Crippen LogP contribution in [0, 0.1) is 5.92 Å². The molecule has 0 fully saturated rings. The summed E-state index contributed by atoms with van der Waals surface area (Å²) in [5, 5.41) is 1.56. The molecular formula is C19H21BF3N2O. The number of halogens is 3. The van der Waals surface area contributed by atoms with Gasteiger partial charge < -0.3 is 9.22 Å². The Bertz CT molecular complexity index is 961. The summed E-state index contributed by atoms with van der Waals surface area (Å²) in [7, 11) is 3.46. The zero-order valence-corrected chi connectivity index (χ0v) is 15.5. The molecule has 0 unspecified atom stereocenters. The van der Waals surface area contributed by atoms with Crippen molar-refractivity contribution in [1.29, 1.82) is 0 Å². The highest BCUT2D eigenvalue weighted by molar-refractivity contribution is 6.47. The van der Waals surface area contributed by atoms with Crippen LogP contribution < -0.4 is 5.46 Å². The standard InChI is InChI=1S/C19H21BF3N2O/c1-11(2)18(3,4)26-20-12-6-7-13-14-10-24-17(19(21,22)23)9-16(14)25(5)15(13)8-12/h6-11H,1-5H3. The van der Waals surface area contributed by atoms with Crippen molar-refractivity contribution in [1.82, 2.24) is 9.55 Å². The first-order chi connectivity index (χ1) is 12.0. The molecule has 0 aliphatic heterocycles. The summed E-state index contributed by atoms with van der Waals surface area (Å²) in [6.45, 7) is 8.22. The Hall–Kier alpha value is -2.02. The molecule has 1 radical (unpaired) electrons. The summed E-state index contributed by atoms with van der Waals surface area (Å²) in [5.41, 5.74) is 1.01. The van der Waals surface area contributed by atoms with Crippen molar-refractivity contribution in [3.8, 4) is 0 Å². The van der Waals surface area contributed by atoms with Crippen LogP contribution in [0.5, 0.6) is 0 Å². The smallest absolute Gasteiger partial charge is 0.429 e. The van der Waals surface area contributed by atoms with Crippen LogP contribution in [0.3, 0.4) is 0 Å². The molecule has 0 bridgehead atoms. The van der Waals surface area contributed by atoms with E-state index < -0.39 is 11.9 Å². The fraction of sp³-hybridized carbons (Fsp3) is 0.421. The Labute approximate surface area is 151 Å². The van der Waals surface area contributed by atoms with E-state index in [1.165, 1.54) is 6.20 Å². The van der Waals surface area contributed by atoms with Crippen molar-refractivity contribution >= 4 is 34.8 Å². The summed E-state index contributed by atoms with van der Waals surface area (Å²) in [4.78, 5) is 3.58. The zero-order valence-electron chi connectivity index (χ0n) is 15.5. The number of benzene rings is 1. The van der Waals surface area contributed by atoms with Gasteiger partial charge in [0.15, 0.2) is 0 Å². The number of aryl methyl sites for hydroxylation is 1. The Balaban J connectivity index is 2.02. The Kier molecular flexibility index (Phi) is 4.55. The first-order valence-corrected chi connectivity index (χ1v) is 8.47. The van der Waals surface area contributed by atoms with Crippen molar-refractivity contribution in [2.75, 3.05) is 0 Å². The monoisotopic (exact) mass is 361 g/mol. The zero-order chi connectivity index (χ0) is 19.3. The minimum Gasteiger partial charge on any atom is -0.429 e. The van der Waals surface area contributed by atoms with Gasteiger partial charge in [-0.3, -0.25) is 4.98 Å². The van der Waals surface area contributed by atoms with E-state index in [0.29, 0.717) is 16.8 Å². The van der Waals surface area contributed by atoms with Crippen LogP contribution >= 0.6 is 0 Å². The molecule has 0 N–H and O–H groups in total. The van der Waals surface area contributed by atoms with Gasteiger partial charge in [0.25, 0.3) is 0 Å². The van der Waals surface area contributed by atoms with Crippen molar-refractivity contribution < 1.29 is 17.8 Å². The quantitative estimate of drug-likeness (QED) is 0.643. The highest BCUT2D eigenvalue weighted by atomic mass is 19.4. The average Bonchev–Trinajstić information content (AvgIpc) is 2.84. The van der Waals surface area contributed by atoms with E-state index in [-0.39, 0.29) is 5.60 Å². The van der Waals surface area contributed by atoms with Gasteiger partial charge in [-0.15, -0.1) is 0 Å². The Morgan fingerprint density at radius 2 is 1.73 bits per heavy atom. The Morgan fingerprint density at radius 3 is 2.35 bits per heavy atom. The van der Waals surface area contributed by atoms with Gasteiger partial charge in [0.1, 0.15) is 5.69 Å². The largest absolute Gasteiger partial charge is 0.433 e. The van der Waals surface area contributed by atoms with Crippen molar-refractivity contribution in [2.24, 2.45) is 13.0 Å². The lowest BCUT2D eigenvalue weighted by atomic mass is 9.84. The van der Waals surface area contributed by atoms with Crippen molar-refractivity contribution in [3.63, 3.8) is 0 Å². The topological polar surface area (TPSA) is 27.1 Å². The van der Waals surface area contributed by atoms with Gasteiger partial charge in [0, 0.05) is 35.1 Å².